The number of hydrogen-bond acceptors (Lipinski definition) is 4. The maximum absolute atomic E-state index is 11.5. The number of carbonyl (C=O) groups is 2. The minimum Gasteiger partial charge on any atom is -0.459 e. The van der Waals surface area contributed by atoms with Crippen molar-refractivity contribution in [2.75, 3.05) is 0 Å². The lowest BCUT2D eigenvalue weighted by molar-refractivity contribution is -0.144. The van der Waals surface area contributed by atoms with Gasteiger partial charge in [0, 0.05) is 12.2 Å². The van der Waals surface area contributed by atoms with E-state index in [0.717, 1.165) is 25.7 Å². The van der Waals surface area contributed by atoms with Gasteiger partial charge in [0.1, 0.15) is 12.2 Å². The number of carbonyl (C=O) groups excluding carboxylic acids is 2. The molecular weight excluding hydrogens is 280 g/mol. The third-order valence-electron chi connectivity index (χ3n) is 3.39. The summed E-state index contributed by atoms with van der Waals surface area (Å²) in [6.45, 7) is 7.99. The first-order chi connectivity index (χ1) is 10.6. The molecule has 0 radical (unpaired) electrons. The lowest BCUT2D eigenvalue weighted by atomic mass is 10.2. The molecule has 0 saturated carbocycles. The summed E-state index contributed by atoms with van der Waals surface area (Å²) in [6.07, 6.45) is 11.1. The van der Waals surface area contributed by atoms with Crippen molar-refractivity contribution in [2.24, 2.45) is 0 Å². The monoisotopic (exact) mass is 310 g/mol. The van der Waals surface area contributed by atoms with E-state index >= 15 is 0 Å². The lowest BCUT2D eigenvalue weighted by Gasteiger charge is -2.11. The van der Waals surface area contributed by atoms with Gasteiger partial charge in [-0.05, 0) is 38.5 Å². The number of allylic oxidation sites excluding steroid dienone is 2. The molecule has 4 nitrogen and oxygen atoms in total. The molecule has 0 unspecified atom stereocenters. The smallest absolute Gasteiger partial charge is 0.330 e. The Labute approximate surface area is 134 Å². The van der Waals surface area contributed by atoms with Crippen LogP contribution in [0.5, 0.6) is 0 Å². The first kappa shape index (κ1) is 20.4. The largest absolute Gasteiger partial charge is 0.459 e. The molecule has 0 aliphatic heterocycles. The predicted molar refractivity (Wildman–Crippen MR) is 88.4 cm³/mol. The van der Waals surface area contributed by atoms with Crippen LogP contribution in [-0.2, 0) is 19.1 Å². The molecule has 0 heterocycles. The van der Waals surface area contributed by atoms with Gasteiger partial charge in [-0.15, -0.1) is 0 Å². The highest BCUT2D eigenvalue weighted by atomic mass is 16.5. The molecule has 0 N–H and O–H groups in total. The quantitative estimate of drug-likeness (QED) is 0.323. The average molecular weight is 310 g/mol. The summed E-state index contributed by atoms with van der Waals surface area (Å²) in [5.74, 6) is -0.600. The van der Waals surface area contributed by atoms with Crippen LogP contribution in [0.1, 0.15) is 66.2 Å². The van der Waals surface area contributed by atoms with Gasteiger partial charge in [-0.2, -0.15) is 0 Å². The third kappa shape index (κ3) is 10.2. The molecule has 22 heavy (non-hydrogen) atoms. The molecule has 0 spiro atoms. The molecule has 0 aromatic rings. The van der Waals surface area contributed by atoms with Crippen molar-refractivity contribution in [3.05, 3.63) is 24.3 Å². The zero-order valence-corrected chi connectivity index (χ0v) is 14.3. The zero-order chi connectivity index (χ0) is 16.8. The second kappa shape index (κ2) is 13.1. The van der Waals surface area contributed by atoms with Crippen molar-refractivity contribution in [3.8, 4) is 0 Å². The summed E-state index contributed by atoms with van der Waals surface area (Å²) in [5, 5.41) is 0. The van der Waals surface area contributed by atoms with Gasteiger partial charge < -0.3 is 9.47 Å². The Kier molecular flexibility index (Phi) is 12.2. The van der Waals surface area contributed by atoms with Crippen molar-refractivity contribution in [1.82, 2.24) is 0 Å². The normalized spacial score (nSPS) is 11.7. The van der Waals surface area contributed by atoms with E-state index in [1.807, 2.05) is 27.7 Å². The molecule has 0 amide bonds. The fourth-order valence-electron chi connectivity index (χ4n) is 1.87. The highest BCUT2D eigenvalue weighted by molar-refractivity contribution is 5.82. The molecule has 126 valence electrons. The predicted octanol–water partition coefficient (Wildman–Crippen LogP) is 4.34. The second-order valence-corrected chi connectivity index (χ2v) is 5.13. The van der Waals surface area contributed by atoms with Gasteiger partial charge in [0.2, 0.25) is 0 Å². The van der Waals surface area contributed by atoms with Gasteiger partial charge >= 0.3 is 11.9 Å². The lowest BCUT2D eigenvalue weighted by Crippen LogP contribution is -2.14. The van der Waals surface area contributed by atoms with E-state index in [9.17, 15) is 9.59 Å². The maximum atomic E-state index is 11.5. The summed E-state index contributed by atoms with van der Waals surface area (Å²) in [7, 11) is 0. The van der Waals surface area contributed by atoms with E-state index in [2.05, 4.69) is 0 Å². The van der Waals surface area contributed by atoms with E-state index in [1.54, 1.807) is 12.2 Å². The standard InChI is InChI=1S/C18H30O4/c1-5-15(6-2)21-17(19)13-11-9-10-12-14-18(20)22-16(7-3)8-4/h11-16H,5-10H2,1-4H3/b13-11-,14-12+. The van der Waals surface area contributed by atoms with Crippen LogP contribution in [0.2, 0.25) is 0 Å². The molecule has 0 atom stereocenters. The minimum atomic E-state index is -0.300. The van der Waals surface area contributed by atoms with E-state index in [4.69, 9.17) is 9.47 Å². The third-order valence-corrected chi connectivity index (χ3v) is 3.39. The SMILES string of the molecule is CCC(CC)OC(=O)/C=C\CC/C=C/C(=O)OC(CC)CC. The van der Waals surface area contributed by atoms with Crippen molar-refractivity contribution >= 4 is 11.9 Å². The topological polar surface area (TPSA) is 52.6 Å². The number of rotatable bonds is 11. The van der Waals surface area contributed by atoms with Gasteiger partial charge in [-0.1, -0.05) is 39.8 Å². The molecule has 0 bridgehead atoms. The number of hydrogen-bond donors (Lipinski definition) is 0. The summed E-state index contributed by atoms with van der Waals surface area (Å²) in [4.78, 5) is 23.0. The van der Waals surface area contributed by atoms with E-state index in [1.165, 1.54) is 12.2 Å². The van der Waals surface area contributed by atoms with Crippen LogP contribution in [0, 0.1) is 0 Å². The number of ether oxygens (including phenoxy) is 2. The first-order valence-corrected chi connectivity index (χ1v) is 8.31. The molecule has 0 aliphatic carbocycles. The minimum absolute atomic E-state index is 0.00288. The van der Waals surface area contributed by atoms with Crippen LogP contribution in [0.4, 0.5) is 0 Å². The Morgan fingerprint density at radius 1 is 0.727 bits per heavy atom. The highest BCUT2D eigenvalue weighted by Gasteiger charge is 2.07. The van der Waals surface area contributed by atoms with E-state index in [0.29, 0.717) is 12.8 Å². The average Bonchev–Trinajstić information content (AvgIpc) is 2.53. The summed E-state index contributed by atoms with van der Waals surface area (Å²) in [5.41, 5.74) is 0. The molecule has 4 heteroatoms. The summed E-state index contributed by atoms with van der Waals surface area (Å²) >= 11 is 0. The Morgan fingerprint density at radius 2 is 1.05 bits per heavy atom. The Hall–Kier alpha value is -1.58. The molecule has 0 aromatic carbocycles. The summed E-state index contributed by atoms with van der Waals surface area (Å²) < 4.78 is 10.5. The van der Waals surface area contributed by atoms with Crippen LogP contribution >= 0.6 is 0 Å². The summed E-state index contributed by atoms with van der Waals surface area (Å²) in [6, 6.07) is 0. The molecule has 0 fully saturated rings. The van der Waals surface area contributed by atoms with Gasteiger partial charge in [0.15, 0.2) is 0 Å². The van der Waals surface area contributed by atoms with E-state index in [-0.39, 0.29) is 24.1 Å². The Morgan fingerprint density at radius 3 is 1.32 bits per heavy atom. The fraction of sp³-hybridized carbons (Fsp3) is 0.667. The fourth-order valence-corrected chi connectivity index (χ4v) is 1.87. The zero-order valence-electron chi connectivity index (χ0n) is 14.3. The van der Waals surface area contributed by atoms with Crippen LogP contribution < -0.4 is 0 Å². The molecule has 0 aliphatic rings. The number of esters is 2. The molecular formula is C18H30O4. The van der Waals surface area contributed by atoms with Crippen LogP contribution in [0.25, 0.3) is 0 Å². The van der Waals surface area contributed by atoms with E-state index < -0.39 is 0 Å². The molecule has 0 aromatic heterocycles. The first-order valence-electron chi connectivity index (χ1n) is 8.31. The van der Waals surface area contributed by atoms with Crippen LogP contribution in [0.3, 0.4) is 0 Å². The van der Waals surface area contributed by atoms with Gasteiger partial charge in [-0.25, -0.2) is 9.59 Å². The number of unbranched alkanes of at least 4 members (excludes halogenated alkanes) is 1. The maximum Gasteiger partial charge on any atom is 0.330 e. The van der Waals surface area contributed by atoms with Crippen molar-refractivity contribution in [2.45, 2.75) is 78.4 Å². The van der Waals surface area contributed by atoms with Crippen molar-refractivity contribution < 1.29 is 19.1 Å². The second-order valence-electron chi connectivity index (χ2n) is 5.13. The highest BCUT2D eigenvalue weighted by Crippen LogP contribution is 2.05. The van der Waals surface area contributed by atoms with Gasteiger partial charge in [0.25, 0.3) is 0 Å². The molecule has 0 rings (SSSR count). The van der Waals surface area contributed by atoms with Crippen molar-refractivity contribution in [3.63, 3.8) is 0 Å². The van der Waals surface area contributed by atoms with Crippen LogP contribution in [-0.4, -0.2) is 24.1 Å². The van der Waals surface area contributed by atoms with Crippen LogP contribution in [0.15, 0.2) is 24.3 Å². The van der Waals surface area contributed by atoms with Crippen molar-refractivity contribution in [1.29, 1.82) is 0 Å². The van der Waals surface area contributed by atoms with Gasteiger partial charge in [-0.3, -0.25) is 0 Å². The van der Waals surface area contributed by atoms with Gasteiger partial charge in [0.05, 0.1) is 0 Å². The molecule has 0 saturated heterocycles. The Balaban J connectivity index is 3.91. The Bertz CT molecular complexity index is 327.